The first-order valence-electron chi connectivity index (χ1n) is 24.8. The molecule has 0 bridgehead atoms. The Morgan fingerprint density at radius 1 is 0.471 bits per heavy atom. The zero-order valence-electron chi connectivity index (χ0n) is 40.1. The van der Waals surface area contributed by atoms with E-state index in [9.17, 15) is 0 Å². The highest BCUT2D eigenvalue weighted by molar-refractivity contribution is 7.90. The standard InChI is InChI=1S/C59H62N4O5S2/c1-43-23-25-49-37-58(62(56(49)35-43)69(65,66)52-19-11-5-12-20-52)54(47-27-31-60(32-28-47)41-45-15-7-3-8-16-45)39-51(64)40-55(48-29-33-61(34-30-48)42-46-17-9-4-10-18-46)59-38-50-26-24-44(2)36-57(50)63(59)70(67,68)53-21-13-6-14-22-53/h3-26,35-38,47-48,54-55H,27-34,39-42H2,1-2H3. The minimum atomic E-state index is -4.10. The summed E-state index contributed by atoms with van der Waals surface area (Å²) in [7, 11) is -8.20. The van der Waals surface area contributed by atoms with E-state index in [4.69, 9.17) is 0 Å². The number of fused-ring (bicyclic) bond motifs is 2. The Hall–Kier alpha value is -6.11. The zero-order valence-corrected chi connectivity index (χ0v) is 41.7. The number of likely N-dealkylation sites (tertiary alicyclic amines) is 2. The summed E-state index contributed by atoms with van der Waals surface area (Å²) in [5, 5.41) is 1.62. The fourth-order valence-corrected chi connectivity index (χ4v) is 14.6. The van der Waals surface area contributed by atoms with Crippen LogP contribution in [0.1, 0.15) is 84.0 Å². The van der Waals surface area contributed by atoms with Crippen molar-refractivity contribution >= 4 is 47.6 Å². The van der Waals surface area contributed by atoms with Gasteiger partial charge in [0.15, 0.2) is 0 Å². The van der Waals surface area contributed by atoms with Crippen molar-refractivity contribution in [3.05, 3.63) is 203 Å². The van der Waals surface area contributed by atoms with Crippen molar-refractivity contribution in [2.45, 2.75) is 87.1 Å². The van der Waals surface area contributed by atoms with Crippen LogP contribution in [0, 0.1) is 25.7 Å². The second kappa shape index (κ2) is 20.3. The quantitative estimate of drug-likeness (QED) is 0.0950. The van der Waals surface area contributed by atoms with Crippen LogP contribution in [0.25, 0.3) is 21.8 Å². The molecule has 0 spiro atoms. The number of hydrogen-bond acceptors (Lipinski definition) is 7. The monoisotopic (exact) mass is 970 g/mol. The van der Waals surface area contributed by atoms with Gasteiger partial charge >= 0.3 is 0 Å². The molecule has 0 amide bonds. The van der Waals surface area contributed by atoms with Crippen LogP contribution in [0.2, 0.25) is 0 Å². The number of Topliss-reactive ketones (excluding diaryl/α,β-unsaturated/α-hetero) is 1. The molecular weight excluding hydrogens is 909 g/mol. The summed E-state index contributed by atoms with van der Waals surface area (Å²) in [5.74, 6) is -0.819. The summed E-state index contributed by atoms with van der Waals surface area (Å²) in [6, 6.07) is 54.0. The van der Waals surface area contributed by atoms with Crippen molar-refractivity contribution in [3.63, 3.8) is 0 Å². The summed E-state index contributed by atoms with van der Waals surface area (Å²) < 4.78 is 63.2. The smallest absolute Gasteiger partial charge is 0.268 e. The first-order valence-corrected chi connectivity index (χ1v) is 27.7. The van der Waals surface area contributed by atoms with E-state index in [1.165, 1.54) is 19.1 Å². The molecule has 0 saturated carbocycles. The first-order chi connectivity index (χ1) is 33.9. The van der Waals surface area contributed by atoms with Crippen LogP contribution in [-0.4, -0.2) is 66.5 Å². The topological polar surface area (TPSA) is 102 Å². The average molecular weight is 971 g/mol. The van der Waals surface area contributed by atoms with Crippen molar-refractivity contribution in [1.82, 2.24) is 17.7 Å². The summed E-state index contributed by atoms with van der Waals surface area (Å²) >= 11 is 0. The molecule has 4 heterocycles. The Labute approximate surface area is 413 Å². The predicted octanol–water partition coefficient (Wildman–Crippen LogP) is 11.7. The Bertz CT molecular complexity index is 3100. The van der Waals surface area contributed by atoms with E-state index in [0.29, 0.717) is 22.4 Å². The molecule has 10 rings (SSSR count). The van der Waals surface area contributed by atoms with Gasteiger partial charge in [-0.1, -0.05) is 121 Å². The number of rotatable bonds is 16. The summed E-state index contributed by atoms with van der Waals surface area (Å²) in [6.07, 6.45) is 3.42. The highest BCUT2D eigenvalue weighted by Gasteiger charge is 2.39. The van der Waals surface area contributed by atoms with Crippen molar-refractivity contribution in [1.29, 1.82) is 0 Å². The van der Waals surface area contributed by atoms with Gasteiger partial charge < -0.3 is 0 Å². The Kier molecular flexibility index (Phi) is 13.8. The number of piperidine rings is 2. The van der Waals surface area contributed by atoms with Crippen LogP contribution in [0.5, 0.6) is 0 Å². The molecule has 0 N–H and O–H groups in total. The fourth-order valence-electron chi connectivity index (χ4n) is 11.4. The lowest BCUT2D eigenvalue weighted by atomic mass is 9.75. The van der Waals surface area contributed by atoms with Gasteiger partial charge in [0, 0.05) is 59.9 Å². The number of nitrogens with zero attached hydrogens (tertiary/aromatic N) is 4. The molecule has 2 aliphatic heterocycles. The van der Waals surface area contributed by atoms with Crippen LogP contribution in [-0.2, 0) is 37.9 Å². The Balaban J connectivity index is 1.05. The molecule has 6 aromatic carbocycles. The highest BCUT2D eigenvalue weighted by atomic mass is 32.2. The zero-order chi connectivity index (χ0) is 48.4. The summed E-state index contributed by atoms with van der Waals surface area (Å²) in [4.78, 5) is 20.9. The maximum Gasteiger partial charge on any atom is 0.268 e. The molecule has 0 aliphatic carbocycles. The van der Waals surface area contributed by atoms with E-state index in [0.717, 1.165) is 86.9 Å². The minimum absolute atomic E-state index is 0.00335. The third-order valence-corrected chi connectivity index (χ3v) is 18.5. The van der Waals surface area contributed by atoms with Crippen molar-refractivity contribution in [2.24, 2.45) is 11.8 Å². The Morgan fingerprint density at radius 3 is 1.17 bits per heavy atom. The van der Waals surface area contributed by atoms with Gasteiger partial charge in [-0.05, 0) is 148 Å². The minimum Gasteiger partial charge on any atom is -0.300 e. The van der Waals surface area contributed by atoms with Gasteiger partial charge in [-0.2, -0.15) is 0 Å². The molecule has 2 atom stereocenters. The summed E-state index contributed by atoms with van der Waals surface area (Å²) in [5.41, 5.74) is 6.83. The largest absolute Gasteiger partial charge is 0.300 e. The number of aryl methyl sites for hydroxylation is 2. The molecular formula is C59H62N4O5S2. The number of carbonyl (C=O) groups is 1. The average Bonchev–Trinajstić information content (AvgIpc) is 3.96. The molecule has 9 nitrogen and oxygen atoms in total. The second-order valence-corrected chi connectivity index (χ2v) is 23.4. The maximum absolute atomic E-state index is 15.6. The molecule has 8 aromatic rings. The number of ketones is 1. The van der Waals surface area contributed by atoms with Crippen molar-refractivity contribution in [3.8, 4) is 0 Å². The third kappa shape index (κ3) is 9.95. The van der Waals surface area contributed by atoms with Gasteiger partial charge in [0.1, 0.15) is 5.78 Å². The molecule has 2 saturated heterocycles. The number of hydrogen-bond donors (Lipinski definition) is 0. The molecule has 2 fully saturated rings. The van der Waals surface area contributed by atoms with Gasteiger partial charge in [0.05, 0.1) is 20.8 Å². The lowest BCUT2D eigenvalue weighted by Crippen LogP contribution is -2.37. The Morgan fingerprint density at radius 2 is 0.814 bits per heavy atom. The van der Waals surface area contributed by atoms with Crippen molar-refractivity contribution in [2.75, 3.05) is 26.2 Å². The van der Waals surface area contributed by atoms with E-state index in [1.54, 1.807) is 48.5 Å². The lowest BCUT2D eigenvalue weighted by molar-refractivity contribution is -0.120. The van der Waals surface area contributed by atoms with Crippen molar-refractivity contribution < 1.29 is 21.6 Å². The van der Waals surface area contributed by atoms with E-state index < -0.39 is 31.9 Å². The molecule has 2 unspecified atom stereocenters. The number of benzene rings is 6. The molecule has 2 aliphatic rings. The van der Waals surface area contributed by atoms with Gasteiger partial charge in [-0.25, -0.2) is 24.8 Å². The second-order valence-electron chi connectivity index (χ2n) is 19.8. The van der Waals surface area contributed by atoms with Gasteiger partial charge in [-0.15, -0.1) is 0 Å². The fraction of sp³-hybridized carbons (Fsp3) is 0.305. The maximum atomic E-state index is 15.6. The van der Waals surface area contributed by atoms with Crippen LogP contribution < -0.4 is 0 Å². The lowest BCUT2D eigenvalue weighted by Gasteiger charge is -2.38. The van der Waals surface area contributed by atoms with E-state index in [1.807, 2.05) is 86.6 Å². The van der Waals surface area contributed by atoms with E-state index in [-0.39, 0.29) is 40.3 Å². The van der Waals surface area contributed by atoms with Gasteiger partial charge in [0.2, 0.25) is 0 Å². The number of aromatic nitrogens is 2. The van der Waals surface area contributed by atoms with Gasteiger partial charge in [0.25, 0.3) is 20.0 Å². The molecule has 0 radical (unpaired) electrons. The van der Waals surface area contributed by atoms with Crippen LogP contribution >= 0.6 is 0 Å². The molecule has 11 heteroatoms. The van der Waals surface area contributed by atoms with Gasteiger partial charge in [-0.3, -0.25) is 14.6 Å². The third-order valence-electron chi connectivity index (χ3n) is 15.0. The van der Waals surface area contributed by atoms with Crippen LogP contribution in [0.4, 0.5) is 0 Å². The normalized spacial score (nSPS) is 16.7. The van der Waals surface area contributed by atoms with E-state index >= 15 is 21.6 Å². The molecule has 360 valence electrons. The number of carbonyl (C=O) groups excluding carboxylic acids is 1. The molecule has 70 heavy (non-hydrogen) atoms. The predicted molar refractivity (Wildman–Crippen MR) is 280 cm³/mol. The van der Waals surface area contributed by atoms with Crippen LogP contribution in [0.15, 0.2) is 180 Å². The first kappa shape index (κ1) is 47.6. The molecule has 2 aromatic heterocycles. The van der Waals surface area contributed by atoms with Crippen LogP contribution in [0.3, 0.4) is 0 Å². The van der Waals surface area contributed by atoms with E-state index in [2.05, 4.69) is 58.3 Å². The summed E-state index contributed by atoms with van der Waals surface area (Å²) in [6.45, 7) is 8.85. The SMILES string of the molecule is Cc1ccc2cc(C(CC(=O)CC(c3cc4ccc(C)cc4n3S(=O)(=O)c3ccccc3)C3CCN(Cc4ccccc4)CC3)C3CCN(Cc4ccccc4)CC3)n(S(=O)(=O)c3ccccc3)c2c1. The highest BCUT2D eigenvalue weighted by Crippen LogP contribution is 2.44.